The summed E-state index contributed by atoms with van der Waals surface area (Å²) >= 11 is 0. The summed E-state index contributed by atoms with van der Waals surface area (Å²) in [5.41, 5.74) is 3.25. The smallest absolute Gasteiger partial charge is 0.123 e. The molecule has 0 saturated carbocycles. The van der Waals surface area contributed by atoms with Gasteiger partial charge in [-0.25, -0.2) is 4.39 Å². The van der Waals surface area contributed by atoms with Crippen LogP contribution in [0.15, 0.2) is 42.5 Å². The predicted molar refractivity (Wildman–Crippen MR) is 76.2 cm³/mol. The molecule has 20 heavy (non-hydrogen) atoms. The van der Waals surface area contributed by atoms with E-state index in [4.69, 9.17) is 0 Å². The van der Waals surface area contributed by atoms with Gasteiger partial charge in [0.15, 0.2) is 0 Å². The molecule has 0 saturated heterocycles. The number of fused-ring (bicyclic) bond motifs is 2. The molecule has 3 heteroatoms. The number of benzene rings is 2. The van der Waals surface area contributed by atoms with Gasteiger partial charge in [-0.1, -0.05) is 24.3 Å². The molecule has 0 radical (unpaired) electrons. The van der Waals surface area contributed by atoms with Crippen LogP contribution in [0.5, 0.6) is 0 Å². The van der Waals surface area contributed by atoms with E-state index in [1.807, 2.05) is 18.2 Å². The highest BCUT2D eigenvalue weighted by atomic mass is 19.1. The quantitative estimate of drug-likeness (QED) is 0.834. The van der Waals surface area contributed by atoms with E-state index in [0.717, 1.165) is 29.7 Å². The SMILES string of the molecule is OC1(C2Cc3ccccc3N2)CCc2cc(F)ccc21. The molecule has 1 aliphatic heterocycles. The molecule has 2 atom stereocenters. The van der Waals surface area contributed by atoms with Crippen molar-refractivity contribution < 1.29 is 9.50 Å². The Balaban J connectivity index is 1.72. The van der Waals surface area contributed by atoms with E-state index in [1.165, 1.54) is 11.6 Å². The summed E-state index contributed by atoms with van der Waals surface area (Å²) in [6.07, 6.45) is 2.19. The Morgan fingerprint density at radius 3 is 2.85 bits per heavy atom. The molecular weight excluding hydrogens is 253 g/mol. The van der Waals surface area contributed by atoms with Gasteiger partial charge in [-0.05, 0) is 54.2 Å². The summed E-state index contributed by atoms with van der Waals surface area (Å²) in [5, 5.41) is 14.5. The average Bonchev–Trinajstić information content (AvgIpc) is 3.01. The molecule has 4 rings (SSSR count). The maximum absolute atomic E-state index is 13.3. The van der Waals surface area contributed by atoms with Crippen molar-refractivity contribution in [1.29, 1.82) is 0 Å². The molecule has 0 amide bonds. The summed E-state index contributed by atoms with van der Waals surface area (Å²) in [6.45, 7) is 0. The lowest BCUT2D eigenvalue weighted by atomic mass is 9.86. The minimum atomic E-state index is -0.901. The van der Waals surface area contributed by atoms with Gasteiger partial charge >= 0.3 is 0 Å². The number of aliphatic hydroxyl groups is 1. The van der Waals surface area contributed by atoms with Gasteiger partial charge in [0, 0.05) is 5.69 Å². The molecule has 0 spiro atoms. The molecule has 1 aliphatic carbocycles. The van der Waals surface area contributed by atoms with Crippen molar-refractivity contribution in [3.8, 4) is 0 Å². The fourth-order valence-corrected chi connectivity index (χ4v) is 3.60. The number of para-hydroxylation sites is 1. The first-order valence-electron chi connectivity index (χ1n) is 7.02. The Labute approximate surface area is 117 Å². The van der Waals surface area contributed by atoms with E-state index in [0.29, 0.717) is 6.42 Å². The topological polar surface area (TPSA) is 32.3 Å². The van der Waals surface area contributed by atoms with Crippen LogP contribution in [-0.2, 0) is 18.4 Å². The number of aryl methyl sites for hydroxylation is 1. The third-order valence-corrected chi connectivity index (χ3v) is 4.66. The van der Waals surface area contributed by atoms with Crippen LogP contribution in [0.2, 0.25) is 0 Å². The van der Waals surface area contributed by atoms with Gasteiger partial charge in [-0.2, -0.15) is 0 Å². The Morgan fingerprint density at radius 2 is 2.00 bits per heavy atom. The third-order valence-electron chi connectivity index (χ3n) is 4.66. The fourth-order valence-electron chi connectivity index (χ4n) is 3.60. The van der Waals surface area contributed by atoms with Crippen LogP contribution in [0.4, 0.5) is 10.1 Å². The molecule has 2 aromatic carbocycles. The zero-order chi connectivity index (χ0) is 13.7. The monoisotopic (exact) mass is 269 g/mol. The third kappa shape index (κ3) is 1.59. The molecule has 2 unspecified atom stereocenters. The van der Waals surface area contributed by atoms with Gasteiger partial charge in [-0.15, -0.1) is 0 Å². The maximum Gasteiger partial charge on any atom is 0.123 e. The van der Waals surface area contributed by atoms with Crippen LogP contribution < -0.4 is 5.32 Å². The van der Waals surface area contributed by atoms with Crippen LogP contribution in [-0.4, -0.2) is 11.1 Å². The lowest BCUT2D eigenvalue weighted by Gasteiger charge is -2.31. The van der Waals surface area contributed by atoms with Crippen molar-refractivity contribution in [2.24, 2.45) is 0 Å². The first-order valence-corrected chi connectivity index (χ1v) is 7.02. The second-order valence-corrected chi connectivity index (χ2v) is 5.78. The average molecular weight is 269 g/mol. The molecular formula is C17H16FNO. The van der Waals surface area contributed by atoms with Crippen molar-refractivity contribution in [3.05, 3.63) is 65.0 Å². The van der Waals surface area contributed by atoms with Gasteiger partial charge in [0.1, 0.15) is 11.4 Å². The second-order valence-electron chi connectivity index (χ2n) is 5.78. The second kappa shape index (κ2) is 4.06. The maximum atomic E-state index is 13.3. The number of anilines is 1. The van der Waals surface area contributed by atoms with Crippen LogP contribution in [0, 0.1) is 5.82 Å². The normalized spacial score (nSPS) is 27.0. The Hall–Kier alpha value is -1.87. The molecule has 2 aromatic rings. The van der Waals surface area contributed by atoms with Crippen molar-refractivity contribution in [3.63, 3.8) is 0 Å². The Kier molecular flexibility index (Phi) is 2.42. The Morgan fingerprint density at radius 1 is 1.15 bits per heavy atom. The van der Waals surface area contributed by atoms with E-state index in [1.54, 1.807) is 12.1 Å². The van der Waals surface area contributed by atoms with Crippen LogP contribution in [0.3, 0.4) is 0 Å². The van der Waals surface area contributed by atoms with E-state index in [-0.39, 0.29) is 11.9 Å². The number of halogens is 1. The van der Waals surface area contributed by atoms with E-state index >= 15 is 0 Å². The summed E-state index contributed by atoms with van der Waals surface area (Å²) in [4.78, 5) is 0. The predicted octanol–water partition coefficient (Wildman–Crippen LogP) is 3.00. The minimum Gasteiger partial charge on any atom is -0.383 e. The first kappa shape index (κ1) is 11.9. The van der Waals surface area contributed by atoms with E-state index < -0.39 is 5.60 Å². The molecule has 2 nitrogen and oxygen atoms in total. The highest BCUT2D eigenvalue weighted by Gasteiger charge is 2.45. The fraction of sp³-hybridized carbons (Fsp3) is 0.294. The highest BCUT2D eigenvalue weighted by Crippen LogP contribution is 2.44. The number of nitrogens with one attached hydrogen (secondary N) is 1. The van der Waals surface area contributed by atoms with E-state index in [2.05, 4.69) is 11.4 Å². The number of hydrogen-bond acceptors (Lipinski definition) is 2. The summed E-state index contributed by atoms with van der Waals surface area (Å²) in [7, 11) is 0. The minimum absolute atomic E-state index is 0.0355. The largest absolute Gasteiger partial charge is 0.383 e. The molecule has 2 aliphatic rings. The number of hydrogen-bond donors (Lipinski definition) is 2. The van der Waals surface area contributed by atoms with Crippen LogP contribution >= 0.6 is 0 Å². The Bertz CT molecular complexity index is 659. The number of rotatable bonds is 1. The molecule has 2 N–H and O–H groups in total. The molecule has 102 valence electrons. The van der Waals surface area contributed by atoms with Gasteiger partial charge in [0.2, 0.25) is 0 Å². The van der Waals surface area contributed by atoms with Crippen molar-refractivity contribution >= 4 is 5.69 Å². The van der Waals surface area contributed by atoms with Crippen molar-refractivity contribution in [2.75, 3.05) is 5.32 Å². The lowest BCUT2D eigenvalue weighted by Crippen LogP contribution is -2.41. The standard InChI is InChI=1S/C17H16FNO/c18-13-5-6-14-11(9-13)7-8-17(14,20)16-10-12-3-1-2-4-15(12)19-16/h1-6,9,16,19-20H,7-8,10H2. The molecule has 0 aromatic heterocycles. The summed E-state index contributed by atoms with van der Waals surface area (Å²) < 4.78 is 13.3. The zero-order valence-electron chi connectivity index (χ0n) is 11.1. The van der Waals surface area contributed by atoms with Crippen LogP contribution in [0.25, 0.3) is 0 Å². The van der Waals surface area contributed by atoms with Crippen molar-refractivity contribution in [2.45, 2.75) is 30.9 Å². The summed E-state index contributed by atoms with van der Waals surface area (Å²) in [5.74, 6) is -0.226. The van der Waals surface area contributed by atoms with Gasteiger partial charge < -0.3 is 10.4 Å². The van der Waals surface area contributed by atoms with Gasteiger partial charge in [0.25, 0.3) is 0 Å². The van der Waals surface area contributed by atoms with Crippen molar-refractivity contribution in [1.82, 2.24) is 0 Å². The molecule has 0 fully saturated rings. The molecule has 0 bridgehead atoms. The first-order chi connectivity index (χ1) is 9.67. The van der Waals surface area contributed by atoms with E-state index in [9.17, 15) is 9.50 Å². The highest BCUT2D eigenvalue weighted by molar-refractivity contribution is 5.58. The molecule has 1 heterocycles. The van der Waals surface area contributed by atoms with Gasteiger partial charge in [-0.3, -0.25) is 0 Å². The van der Waals surface area contributed by atoms with Crippen LogP contribution in [0.1, 0.15) is 23.1 Å². The van der Waals surface area contributed by atoms with Gasteiger partial charge in [0.05, 0.1) is 6.04 Å². The summed E-state index contributed by atoms with van der Waals surface area (Å²) in [6, 6.07) is 12.8. The lowest BCUT2D eigenvalue weighted by molar-refractivity contribution is 0.0202. The zero-order valence-corrected chi connectivity index (χ0v) is 11.1.